The first-order chi connectivity index (χ1) is 8.80. The summed E-state index contributed by atoms with van der Waals surface area (Å²) >= 11 is 0. The molecular formula is C16H25NO. The maximum absolute atomic E-state index is 5.35. The molecule has 1 aliphatic rings. The smallest absolute Gasteiger partial charge is 0.119 e. The number of hydrogen-bond donors (Lipinski definition) is 1. The molecule has 0 saturated heterocycles. The van der Waals surface area contributed by atoms with Crippen LogP contribution in [0.15, 0.2) is 18.2 Å². The van der Waals surface area contributed by atoms with E-state index in [9.17, 15) is 0 Å². The highest BCUT2D eigenvalue weighted by molar-refractivity contribution is 5.60. The van der Waals surface area contributed by atoms with Gasteiger partial charge in [-0.25, -0.2) is 0 Å². The van der Waals surface area contributed by atoms with E-state index in [1.165, 1.54) is 36.9 Å². The lowest BCUT2D eigenvalue weighted by Crippen LogP contribution is -2.14. The first kappa shape index (κ1) is 13.3. The molecule has 18 heavy (non-hydrogen) atoms. The van der Waals surface area contributed by atoms with Crippen LogP contribution in [0.3, 0.4) is 0 Å². The third kappa shape index (κ3) is 2.63. The number of unbranched alkanes of at least 4 members (excludes halogenated alkanes) is 1. The Balaban J connectivity index is 2.17. The van der Waals surface area contributed by atoms with Crippen molar-refractivity contribution in [3.05, 3.63) is 23.8 Å². The third-order valence-electron chi connectivity index (χ3n) is 4.19. The van der Waals surface area contributed by atoms with Gasteiger partial charge in [0.25, 0.3) is 0 Å². The van der Waals surface area contributed by atoms with Gasteiger partial charge in [-0.3, -0.25) is 0 Å². The van der Waals surface area contributed by atoms with Crippen LogP contribution in [0.1, 0.15) is 51.0 Å². The first-order valence-corrected chi connectivity index (χ1v) is 7.21. The van der Waals surface area contributed by atoms with Crippen molar-refractivity contribution in [2.45, 2.75) is 45.4 Å². The van der Waals surface area contributed by atoms with Gasteiger partial charge < -0.3 is 10.1 Å². The summed E-state index contributed by atoms with van der Waals surface area (Å²) in [5.41, 5.74) is 2.76. The molecule has 0 fully saturated rings. The molecule has 0 aliphatic carbocycles. The highest BCUT2D eigenvalue weighted by Crippen LogP contribution is 2.41. The summed E-state index contributed by atoms with van der Waals surface area (Å²) in [6, 6.07) is 6.41. The van der Waals surface area contributed by atoms with E-state index in [2.05, 4.69) is 31.3 Å². The SMILES string of the molecule is CCCCC(CC)C1CNc2ccc(OC)cc21. The number of ether oxygens (including phenoxy) is 1. The Labute approximate surface area is 111 Å². The molecule has 1 aromatic carbocycles. The Morgan fingerprint density at radius 2 is 2.22 bits per heavy atom. The van der Waals surface area contributed by atoms with Crippen LogP contribution in [0.4, 0.5) is 5.69 Å². The van der Waals surface area contributed by atoms with Gasteiger partial charge in [0, 0.05) is 18.2 Å². The molecule has 0 amide bonds. The van der Waals surface area contributed by atoms with Crippen molar-refractivity contribution in [2.24, 2.45) is 5.92 Å². The fraction of sp³-hybridized carbons (Fsp3) is 0.625. The number of fused-ring (bicyclic) bond motifs is 1. The molecule has 0 saturated carbocycles. The van der Waals surface area contributed by atoms with E-state index in [-0.39, 0.29) is 0 Å². The zero-order valence-corrected chi connectivity index (χ0v) is 11.8. The summed E-state index contributed by atoms with van der Waals surface area (Å²) in [6.45, 7) is 5.68. The van der Waals surface area contributed by atoms with E-state index in [4.69, 9.17) is 4.74 Å². The van der Waals surface area contributed by atoms with Crippen LogP contribution in [-0.2, 0) is 0 Å². The maximum Gasteiger partial charge on any atom is 0.119 e. The molecule has 100 valence electrons. The zero-order valence-electron chi connectivity index (χ0n) is 11.8. The van der Waals surface area contributed by atoms with Crippen molar-refractivity contribution >= 4 is 5.69 Å². The summed E-state index contributed by atoms with van der Waals surface area (Å²) in [5.74, 6) is 2.44. The maximum atomic E-state index is 5.35. The number of methoxy groups -OCH3 is 1. The Hall–Kier alpha value is -1.18. The molecule has 2 rings (SSSR count). The molecule has 1 N–H and O–H groups in total. The number of anilines is 1. The number of hydrogen-bond acceptors (Lipinski definition) is 2. The molecule has 2 unspecified atom stereocenters. The molecule has 2 nitrogen and oxygen atoms in total. The molecule has 1 heterocycles. The van der Waals surface area contributed by atoms with Gasteiger partial charge in [-0.2, -0.15) is 0 Å². The second-order valence-corrected chi connectivity index (χ2v) is 5.25. The van der Waals surface area contributed by atoms with Gasteiger partial charge in [0.1, 0.15) is 5.75 Å². The lowest BCUT2D eigenvalue weighted by Gasteiger charge is -2.22. The van der Waals surface area contributed by atoms with E-state index in [1.54, 1.807) is 7.11 Å². The number of rotatable bonds is 6. The first-order valence-electron chi connectivity index (χ1n) is 7.21. The number of nitrogens with one attached hydrogen (secondary N) is 1. The number of benzene rings is 1. The minimum absolute atomic E-state index is 0.659. The molecule has 1 aromatic rings. The summed E-state index contributed by atoms with van der Waals surface area (Å²) in [5, 5.41) is 3.54. The van der Waals surface area contributed by atoms with E-state index in [1.807, 2.05) is 6.07 Å². The largest absolute Gasteiger partial charge is 0.497 e. The van der Waals surface area contributed by atoms with E-state index in [0.29, 0.717) is 5.92 Å². The Morgan fingerprint density at radius 1 is 1.39 bits per heavy atom. The Morgan fingerprint density at radius 3 is 2.89 bits per heavy atom. The van der Waals surface area contributed by atoms with Crippen LogP contribution < -0.4 is 10.1 Å². The van der Waals surface area contributed by atoms with Crippen molar-refractivity contribution < 1.29 is 4.74 Å². The van der Waals surface area contributed by atoms with E-state index in [0.717, 1.165) is 18.2 Å². The fourth-order valence-corrected chi connectivity index (χ4v) is 3.04. The zero-order chi connectivity index (χ0) is 13.0. The van der Waals surface area contributed by atoms with Crippen LogP contribution in [0.25, 0.3) is 0 Å². The monoisotopic (exact) mass is 247 g/mol. The third-order valence-corrected chi connectivity index (χ3v) is 4.19. The van der Waals surface area contributed by atoms with Crippen molar-refractivity contribution in [3.63, 3.8) is 0 Å². The molecule has 0 bridgehead atoms. The van der Waals surface area contributed by atoms with E-state index >= 15 is 0 Å². The van der Waals surface area contributed by atoms with Gasteiger partial charge in [0.05, 0.1) is 7.11 Å². The molecule has 1 aliphatic heterocycles. The van der Waals surface area contributed by atoms with Gasteiger partial charge in [-0.1, -0.05) is 33.1 Å². The van der Waals surface area contributed by atoms with Gasteiger partial charge >= 0.3 is 0 Å². The predicted molar refractivity (Wildman–Crippen MR) is 77.5 cm³/mol. The highest BCUT2D eigenvalue weighted by atomic mass is 16.5. The molecule has 0 radical (unpaired) electrons. The van der Waals surface area contributed by atoms with Crippen molar-refractivity contribution in [2.75, 3.05) is 19.0 Å². The summed E-state index contributed by atoms with van der Waals surface area (Å²) in [6.07, 6.45) is 5.24. The molecule has 2 atom stereocenters. The topological polar surface area (TPSA) is 21.3 Å². The molecule has 0 aromatic heterocycles. The van der Waals surface area contributed by atoms with Gasteiger partial charge in [0.2, 0.25) is 0 Å². The summed E-state index contributed by atoms with van der Waals surface area (Å²) < 4.78 is 5.35. The van der Waals surface area contributed by atoms with Gasteiger partial charge in [-0.15, -0.1) is 0 Å². The normalized spacial score (nSPS) is 19.2. The molecule has 0 spiro atoms. The Bertz CT molecular complexity index is 389. The lowest BCUT2D eigenvalue weighted by atomic mass is 9.82. The van der Waals surface area contributed by atoms with Crippen molar-refractivity contribution in [1.82, 2.24) is 0 Å². The Kier molecular flexibility index (Phi) is 4.51. The van der Waals surface area contributed by atoms with Crippen LogP contribution in [0.5, 0.6) is 5.75 Å². The standard InChI is InChI=1S/C16H25NO/c1-4-6-7-12(5-2)15-11-17-16-9-8-13(18-3)10-14(15)16/h8-10,12,15,17H,4-7,11H2,1-3H3. The summed E-state index contributed by atoms with van der Waals surface area (Å²) in [7, 11) is 1.74. The molecular weight excluding hydrogens is 222 g/mol. The second kappa shape index (κ2) is 6.12. The van der Waals surface area contributed by atoms with Gasteiger partial charge in [-0.05, 0) is 36.1 Å². The fourth-order valence-electron chi connectivity index (χ4n) is 3.04. The van der Waals surface area contributed by atoms with E-state index < -0.39 is 0 Å². The average molecular weight is 247 g/mol. The van der Waals surface area contributed by atoms with Gasteiger partial charge in [0.15, 0.2) is 0 Å². The summed E-state index contributed by atoms with van der Waals surface area (Å²) in [4.78, 5) is 0. The van der Waals surface area contributed by atoms with Crippen LogP contribution in [0, 0.1) is 5.92 Å². The molecule has 2 heteroatoms. The second-order valence-electron chi connectivity index (χ2n) is 5.25. The quantitative estimate of drug-likeness (QED) is 0.803. The lowest BCUT2D eigenvalue weighted by molar-refractivity contribution is 0.386. The van der Waals surface area contributed by atoms with Crippen LogP contribution in [0.2, 0.25) is 0 Å². The minimum Gasteiger partial charge on any atom is -0.497 e. The van der Waals surface area contributed by atoms with Crippen LogP contribution >= 0.6 is 0 Å². The van der Waals surface area contributed by atoms with Crippen molar-refractivity contribution in [1.29, 1.82) is 0 Å². The van der Waals surface area contributed by atoms with Crippen LogP contribution in [-0.4, -0.2) is 13.7 Å². The van der Waals surface area contributed by atoms with Crippen molar-refractivity contribution in [3.8, 4) is 5.75 Å². The average Bonchev–Trinajstić information content (AvgIpc) is 2.83. The minimum atomic E-state index is 0.659. The predicted octanol–water partition coefficient (Wildman–Crippen LogP) is 4.42. The highest BCUT2D eigenvalue weighted by Gasteiger charge is 2.28.